The van der Waals surface area contributed by atoms with Crippen LogP contribution in [-0.4, -0.2) is 50.5 Å². The van der Waals surface area contributed by atoms with E-state index in [2.05, 4.69) is 10.3 Å². The average Bonchev–Trinajstić information content (AvgIpc) is 2.60. The van der Waals surface area contributed by atoms with Crippen molar-refractivity contribution in [2.24, 2.45) is 0 Å². The summed E-state index contributed by atoms with van der Waals surface area (Å²) in [5.74, 6) is -0.236. The lowest BCUT2D eigenvalue weighted by Crippen LogP contribution is -2.36. The van der Waals surface area contributed by atoms with Crippen LogP contribution >= 0.6 is 0 Å². The Kier molecular flexibility index (Phi) is 4.97. The van der Waals surface area contributed by atoms with Crippen LogP contribution in [-0.2, 0) is 23.0 Å². The monoisotopic (exact) mass is 374 g/mol. The number of benzene rings is 1. The van der Waals surface area contributed by atoms with Crippen molar-refractivity contribution in [2.45, 2.75) is 13.0 Å². The third kappa shape index (κ3) is 3.86. The molecule has 7 nitrogen and oxygen atoms in total. The maximum Gasteiger partial charge on any atom is 0.257 e. The van der Waals surface area contributed by atoms with Gasteiger partial charge in [0.1, 0.15) is 0 Å². The second kappa shape index (κ2) is 7.05. The minimum atomic E-state index is -3.26. The molecule has 1 amide bonds. The Morgan fingerprint density at radius 2 is 1.88 bits per heavy atom. The zero-order chi connectivity index (χ0) is 18.9. The Labute approximate surface area is 153 Å². The van der Waals surface area contributed by atoms with Crippen LogP contribution in [0.4, 0.5) is 11.4 Å². The number of hydrogen-bond acceptors (Lipinski definition) is 5. The molecule has 1 N–H and O–H groups in total. The Morgan fingerprint density at radius 3 is 2.50 bits per heavy atom. The highest BCUT2D eigenvalue weighted by molar-refractivity contribution is 7.88. The van der Waals surface area contributed by atoms with Crippen molar-refractivity contribution >= 4 is 27.3 Å². The largest absolute Gasteiger partial charge is 0.378 e. The summed E-state index contributed by atoms with van der Waals surface area (Å²) in [6, 6.07) is 7.56. The summed E-state index contributed by atoms with van der Waals surface area (Å²) in [7, 11) is 0.647. The van der Waals surface area contributed by atoms with Crippen LogP contribution in [0.1, 0.15) is 21.5 Å². The van der Waals surface area contributed by atoms with E-state index in [1.54, 1.807) is 12.4 Å². The first-order chi connectivity index (χ1) is 12.3. The van der Waals surface area contributed by atoms with E-state index in [-0.39, 0.29) is 12.5 Å². The molecule has 0 saturated heterocycles. The van der Waals surface area contributed by atoms with Gasteiger partial charge in [0.15, 0.2) is 0 Å². The number of hydrogen-bond donors (Lipinski definition) is 1. The third-order valence-electron chi connectivity index (χ3n) is 4.46. The van der Waals surface area contributed by atoms with E-state index in [1.807, 2.05) is 43.3 Å². The van der Waals surface area contributed by atoms with Crippen molar-refractivity contribution in [3.63, 3.8) is 0 Å². The Morgan fingerprint density at radius 1 is 1.19 bits per heavy atom. The van der Waals surface area contributed by atoms with Crippen molar-refractivity contribution in [2.75, 3.05) is 37.1 Å². The molecule has 1 aliphatic rings. The molecule has 0 atom stereocenters. The first kappa shape index (κ1) is 18.3. The van der Waals surface area contributed by atoms with Crippen molar-refractivity contribution in [3.05, 3.63) is 53.3 Å². The topological polar surface area (TPSA) is 82.6 Å². The van der Waals surface area contributed by atoms with Gasteiger partial charge in [-0.15, -0.1) is 0 Å². The van der Waals surface area contributed by atoms with Gasteiger partial charge in [0.25, 0.3) is 5.91 Å². The van der Waals surface area contributed by atoms with E-state index < -0.39 is 10.0 Å². The van der Waals surface area contributed by atoms with E-state index in [0.717, 1.165) is 16.8 Å². The van der Waals surface area contributed by atoms with Crippen molar-refractivity contribution < 1.29 is 13.2 Å². The lowest BCUT2D eigenvalue weighted by Gasteiger charge is -2.27. The van der Waals surface area contributed by atoms with Gasteiger partial charge in [-0.2, -0.15) is 4.31 Å². The highest BCUT2D eigenvalue weighted by Gasteiger charge is 2.26. The molecule has 0 spiro atoms. The van der Waals surface area contributed by atoms with Gasteiger partial charge in [-0.25, -0.2) is 8.42 Å². The zero-order valence-electron chi connectivity index (χ0n) is 15.1. The highest BCUT2D eigenvalue weighted by atomic mass is 32.2. The van der Waals surface area contributed by atoms with Gasteiger partial charge in [-0.3, -0.25) is 9.78 Å². The second-order valence-electron chi connectivity index (χ2n) is 6.57. The van der Waals surface area contributed by atoms with Gasteiger partial charge in [-0.1, -0.05) is 0 Å². The predicted molar refractivity (Wildman–Crippen MR) is 102 cm³/mol. The van der Waals surface area contributed by atoms with E-state index in [9.17, 15) is 13.2 Å². The zero-order valence-corrected chi connectivity index (χ0v) is 15.9. The van der Waals surface area contributed by atoms with Crippen LogP contribution < -0.4 is 10.2 Å². The van der Waals surface area contributed by atoms with Crippen LogP contribution in [0.2, 0.25) is 0 Å². The summed E-state index contributed by atoms with van der Waals surface area (Å²) in [6.45, 7) is 0.619. The fraction of sp³-hybridized carbons (Fsp3) is 0.333. The molecule has 0 unspecified atom stereocenters. The molecule has 8 heteroatoms. The Hall–Kier alpha value is -2.45. The number of amides is 1. The molecular weight excluding hydrogens is 352 g/mol. The Balaban J connectivity index is 1.81. The molecule has 138 valence electrons. The SMILES string of the molecule is CN(C)c1ccc(NC(=O)c2cncc3c2CCN(S(C)(=O)=O)C3)cc1. The van der Waals surface area contributed by atoms with Gasteiger partial charge in [-0.05, 0) is 41.8 Å². The lowest BCUT2D eigenvalue weighted by atomic mass is 9.98. The average molecular weight is 374 g/mol. The molecule has 0 radical (unpaired) electrons. The lowest BCUT2D eigenvalue weighted by molar-refractivity contribution is 0.102. The summed E-state index contributed by atoms with van der Waals surface area (Å²) in [4.78, 5) is 18.8. The number of pyridine rings is 1. The van der Waals surface area contributed by atoms with Gasteiger partial charge in [0.2, 0.25) is 10.0 Å². The molecule has 1 aromatic carbocycles. The smallest absolute Gasteiger partial charge is 0.257 e. The van der Waals surface area contributed by atoms with E-state index in [0.29, 0.717) is 24.2 Å². The van der Waals surface area contributed by atoms with Crippen LogP contribution in [0.15, 0.2) is 36.7 Å². The number of carbonyl (C=O) groups excluding carboxylic acids is 1. The molecule has 0 aliphatic carbocycles. The summed E-state index contributed by atoms with van der Waals surface area (Å²) < 4.78 is 24.9. The molecule has 2 aromatic rings. The normalized spacial score (nSPS) is 14.6. The van der Waals surface area contributed by atoms with Crippen LogP contribution in [0.3, 0.4) is 0 Å². The van der Waals surface area contributed by atoms with E-state index in [4.69, 9.17) is 0 Å². The molecule has 0 fully saturated rings. The van der Waals surface area contributed by atoms with Gasteiger partial charge in [0, 0.05) is 51.0 Å². The van der Waals surface area contributed by atoms with Crippen molar-refractivity contribution in [1.29, 1.82) is 0 Å². The number of nitrogens with zero attached hydrogens (tertiary/aromatic N) is 3. The number of nitrogens with one attached hydrogen (secondary N) is 1. The number of fused-ring (bicyclic) bond motifs is 1. The van der Waals surface area contributed by atoms with Crippen LogP contribution in [0, 0.1) is 0 Å². The van der Waals surface area contributed by atoms with Gasteiger partial charge in [0.05, 0.1) is 11.8 Å². The number of carbonyl (C=O) groups is 1. The first-order valence-electron chi connectivity index (χ1n) is 8.25. The molecule has 26 heavy (non-hydrogen) atoms. The number of aromatic nitrogens is 1. The fourth-order valence-electron chi connectivity index (χ4n) is 2.99. The summed E-state index contributed by atoms with van der Waals surface area (Å²) in [5.41, 5.74) is 3.88. The number of anilines is 2. The van der Waals surface area contributed by atoms with E-state index in [1.165, 1.54) is 10.6 Å². The Bertz CT molecular complexity index is 924. The maximum absolute atomic E-state index is 12.7. The summed E-state index contributed by atoms with van der Waals surface area (Å²) >= 11 is 0. The summed E-state index contributed by atoms with van der Waals surface area (Å²) in [6.07, 6.45) is 4.86. The molecular formula is C18H22N4O3S. The van der Waals surface area contributed by atoms with E-state index >= 15 is 0 Å². The highest BCUT2D eigenvalue weighted by Crippen LogP contribution is 2.24. The number of sulfonamides is 1. The second-order valence-corrected chi connectivity index (χ2v) is 8.55. The fourth-order valence-corrected chi connectivity index (χ4v) is 3.78. The molecule has 2 heterocycles. The van der Waals surface area contributed by atoms with Gasteiger partial charge < -0.3 is 10.2 Å². The molecule has 0 bridgehead atoms. The minimum absolute atomic E-state index is 0.236. The van der Waals surface area contributed by atoms with Crippen LogP contribution in [0.5, 0.6) is 0 Å². The predicted octanol–water partition coefficient (Wildman–Crippen LogP) is 1.72. The third-order valence-corrected chi connectivity index (χ3v) is 5.71. The summed E-state index contributed by atoms with van der Waals surface area (Å²) in [5, 5.41) is 2.89. The molecule has 3 rings (SSSR count). The quantitative estimate of drug-likeness (QED) is 0.881. The van der Waals surface area contributed by atoms with Crippen molar-refractivity contribution in [1.82, 2.24) is 9.29 Å². The number of rotatable bonds is 4. The molecule has 0 saturated carbocycles. The minimum Gasteiger partial charge on any atom is -0.378 e. The standard InChI is InChI=1S/C18H22N4O3S/c1-21(2)15-6-4-14(5-7-15)20-18(23)17-11-19-10-13-12-22(26(3,24)25)9-8-16(13)17/h4-7,10-11H,8-9,12H2,1-3H3,(H,20,23). The van der Waals surface area contributed by atoms with Crippen molar-refractivity contribution in [3.8, 4) is 0 Å². The first-order valence-corrected chi connectivity index (χ1v) is 10.1. The molecule has 1 aliphatic heterocycles. The van der Waals surface area contributed by atoms with Gasteiger partial charge >= 0.3 is 0 Å². The molecule has 1 aromatic heterocycles. The maximum atomic E-state index is 12.7. The van der Waals surface area contributed by atoms with Crippen LogP contribution in [0.25, 0.3) is 0 Å².